The number of nitriles is 2. The first-order valence-corrected chi connectivity index (χ1v) is 5.46. The van der Waals surface area contributed by atoms with Crippen LogP contribution in [0.5, 0.6) is 0 Å². The van der Waals surface area contributed by atoms with Gasteiger partial charge in [-0.15, -0.1) is 0 Å². The van der Waals surface area contributed by atoms with Crippen LogP contribution in [0.1, 0.15) is 23.7 Å². The van der Waals surface area contributed by atoms with Gasteiger partial charge >= 0.3 is 0 Å². The molecular weight excluding hydrogens is 222 g/mol. The van der Waals surface area contributed by atoms with Crippen molar-refractivity contribution in [2.24, 2.45) is 0 Å². The van der Waals surface area contributed by atoms with E-state index in [1.165, 1.54) is 0 Å². The predicted molar refractivity (Wildman–Crippen MR) is 72.4 cm³/mol. The average molecular weight is 233 g/mol. The zero-order valence-corrected chi connectivity index (χ0v) is 9.99. The summed E-state index contributed by atoms with van der Waals surface area (Å²) in [4.78, 5) is 3.21. The molecule has 0 aliphatic carbocycles. The van der Waals surface area contributed by atoms with Crippen molar-refractivity contribution < 1.29 is 0 Å². The molecule has 2 aromatic rings. The molecule has 1 aromatic carbocycles. The largest absolute Gasteiger partial charge is 0.355 e. The summed E-state index contributed by atoms with van der Waals surface area (Å²) in [6, 6.07) is 9.65. The van der Waals surface area contributed by atoms with Crippen LogP contribution in [-0.2, 0) is 0 Å². The lowest BCUT2D eigenvalue weighted by molar-refractivity contribution is 1.41. The van der Waals surface area contributed by atoms with Gasteiger partial charge in [0.25, 0.3) is 0 Å². The first kappa shape index (κ1) is 11.7. The van der Waals surface area contributed by atoms with Crippen LogP contribution in [0, 0.1) is 22.7 Å². The first-order valence-electron chi connectivity index (χ1n) is 5.46. The Kier molecular flexibility index (Phi) is 3.00. The highest BCUT2D eigenvalue weighted by atomic mass is 14.7. The molecule has 2 rings (SSSR count). The molecule has 1 heterocycles. The second kappa shape index (κ2) is 4.61. The Morgan fingerprint density at radius 1 is 1.39 bits per heavy atom. The van der Waals surface area contributed by atoms with Gasteiger partial charge in [0, 0.05) is 27.7 Å². The maximum Gasteiger partial charge on any atom is 0.0991 e. The summed E-state index contributed by atoms with van der Waals surface area (Å²) in [5, 5.41) is 18.7. The van der Waals surface area contributed by atoms with Crippen LogP contribution >= 0.6 is 0 Å². The highest BCUT2D eigenvalue weighted by Gasteiger charge is 2.08. The van der Waals surface area contributed by atoms with Gasteiger partial charge in [0.05, 0.1) is 17.7 Å². The molecule has 0 aliphatic rings. The molecule has 0 radical (unpaired) electrons. The lowest BCUT2D eigenvalue weighted by Crippen LogP contribution is -1.78. The number of allylic oxidation sites excluding steroid dienone is 1. The van der Waals surface area contributed by atoms with Crippen molar-refractivity contribution in [1.82, 2.24) is 4.98 Å². The van der Waals surface area contributed by atoms with Crippen molar-refractivity contribution in [3.05, 3.63) is 47.2 Å². The van der Waals surface area contributed by atoms with Crippen LogP contribution in [0.2, 0.25) is 0 Å². The number of aromatic nitrogens is 1. The van der Waals surface area contributed by atoms with Gasteiger partial charge in [-0.2, -0.15) is 10.5 Å². The second-order valence-corrected chi connectivity index (χ2v) is 3.97. The summed E-state index contributed by atoms with van der Waals surface area (Å²) >= 11 is 0. The topological polar surface area (TPSA) is 63.4 Å². The smallest absolute Gasteiger partial charge is 0.0991 e. The average Bonchev–Trinajstić information content (AvgIpc) is 2.75. The number of nitrogens with one attached hydrogen (secondary N) is 1. The van der Waals surface area contributed by atoms with Gasteiger partial charge in [0.2, 0.25) is 0 Å². The van der Waals surface area contributed by atoms with Gasteiger partial charge in [-0.25, -0.2) is 0 Å². The molecule has 0 unspecified atom stereocenters. The Morgan fingerprint density at radius 3 is 2.78 bits per heavy atom. The van der Waals surface area contributed by atoms with Crippen molar-refractivity contribution in [3.63, 3.8) is 0 Å². The molecule has 1 aromatic heterocycles. The van der Waals surface area contributed by atoms with Crippen LogP contribution in [0.25, 0.3) is 23.1 Å². The van der Waals surface area contributed by atoms with Crippen LogP contribution in [0.3, 0.4) is 0 Å². The Labute approximate surface area is 105 Å². The molecular formula is C15H11N3. The van der Waals surface area contributed by atoms with Crippen molar-refractivity contribution in [2.45, 2.75) is 6.92 Å². The minimum atomic E-state index is 0.598. The SMILES string of the molecule is C=Cc1[nH]c2ccc(C#N)cc2c1/C=C(\C)C#N. The zero-order valence-electron chi connectivity index (χ0n) is 9.99. The lowest BCUT2D eigenvalue weighted by atomic mass is 10.1. The summed E-state index contributed by atoms with van der Waals surface area (Å²) < 4.78 is 0. The molecule has 1 N–H and O–H groups in total. The maximum absolute atomic E-state index is 8.93. The Hall–Kier alpha value is -2.78. The quantitative estimate of drug-likeness (QED) is 0.805. The fourth-order valence-electron chi connectivity index (χ4n) is 1.87. The highest BCUT2D eigenvalue weighted by Crippen LogP contribution is 2.26. The highest BCUT2D eigenvalue weighted by molar-refractivity contribution is 5.94. The van der Waals surface area contributed by atoms with Crippen molar-refractivity contribution >= 4 is 23.1 Å². The molecule has 0 amide bonds. The van der Waals surface area contributed by atoms with Crippen molar-refractivity contribution in [1.29, 1.82) is 10.5 Å². The molecule has 0 fully saturated rings. The number of fused-ring (bicyclic) bond motifs is 1. The van der Waals surface area contributed by atoms with Gasteiger partial charge in [0.1, 0.15) is 0 Å². The van der Waals surface area contributed by atoms with Crippen LogP contribution in [0.15, 0.2) is 30.4 Å². The molecule has 3 nitrogen and oxygen atoms in total. The van der Waals surface area contributed by atoms with Crippen LogP contribution < -0.4 is 0 Å². The second-order valence-electron chi connectivity index (χ2n) is 3.97. The van der Waals surface area contributed by atoms with Gasteiger partial charge in [-0.3, -0.25) is 0 Å². The number of nitrogens with zero attached hydrogens (tertiary/aromatic N) is 2. The number of hydrogen-bond donors (Lipinski definition) is 1. The van der Waals surface area contributed by atoms with E-state index < -0.39 is 0 Å². The van der Waals surface area contributed by atoms with Crippen molar-refractivity contribution in [2.75, 3.05) is 0 Å². The first-order chi connectivity index (χ1) is 8.69. The Bertz CT molecular complexity index is 733. The van der Waals surface area contributed by atoms with E-state index in [-0.39, 0.29) is 0 Å². The van der Waals surface area contributed by atoms with Gasteiger partial charge in [-0.05, 0) is 37.3 Å². The number of hydrogen-bond acceptors (Lipinski definition) is 2. The molecule has 3 heteroatoms. The van der Waals surface area contributed by atoms with E-state index in [0.29, 0.717) is 11.1 Å². The molecule has 0 aliphatic heterocycles. The molecule has 0 saturated heterocycles. The standard InChI is InChI=1S/C15H11N3/c1-3-14-12(6-10(2)8-16)13-7-11(9-17)4-5-15(13)18-14/h3-7,18H,1H2,2H3/b10-6+. The Balaban J connectivity index is 2.80. The third-order valence-corrected chi connectivity index (χ3v) is 2.74. The van der Waals surface area contributed by atoms with E-state index >= 15 is 0 Å². The van der Waals surface area contributed by atoms with E-state index in [4.69, 9.17) is 10.5 Å². The third-order valence-electron chi connectivity index (χ3n) is 2.74. The van der Waals surface area contributed by atoms with Gasteiger partial charge < -0.3 is 4.98 Å². The third kappa shape index (κ3) is 1.90. The van der Waals surface area contributed by atoms with E-state index in [1.54, 1.807) is 25.1 Å². The van der Waals surface area contributed by atoms with E-state index in [9.17, 15) is 0 Å². The number of benzene rings is 1. The number of aromatic amines is 1. The van der Waals surface area contributed by atoms with Gasteiger partial charge in [-0.1, -0.05) is 6.58 Å². The summed E-state index contributed by atoms with van der Waals surface area (Å²) in [7, 11) is 0. The molecule has 0 bridgehead atoms. The van der Waals surface area contributed by atoms with Crippen LogP contribution in [0.4, 0.5) is 0 Å². The molecule has 18 heavy (non-hydrogen) atoms. The van der Waals surface area contributed by atoms with Crippen LogP contribution in [-0.4, -0.2) is 4.98 Å². The monoisotopic (exact) mass is 233 g/mol. The summed E-state index contributed by atoms with van der Waals surface area (Å²) in [6.45, 7) is 5.50. The fraction of sp³-hybridized carbons (Fsp3) is 0.0667. The normalized spacial score (nSPS) is 10.9. The molecule has 0 saturated carbocycles. The van der Waals surface area contributed by atoms with E-state index in [0.717, 1.165) is 22.2 Å². The summed E-state index contributed by atoms with van der Waals surface area (Å²) in [5.41, 5.74) is 3.90. The van der Waals surface area contributed by atoms with Gasteiger partial charge in [0.15, 0.2) is 0 Å². The summed E-state index contributed by atoms with van der Waals surface area (Å²) in [6.07, 6.45) is 3.51. The predicted octanol–water partition coefficient (Wildman–Crippen LogP) is 3.61. The number of rotatable bonds is 2. The minimum absolute atomic E-state index is 0.598. The fourth-order valence-corrected chi connectivity index (χ4v) is 1.87. The van der Waals surface area contributed by atoms with E-state index in [1.807, 2.05) is 12.1 Å². The minimum Gasteiger partial charge on any atom is -0.355 e. The number of H-pyrrole nitrogens is 1. The maximum atomic E-state index is 8.93. The molecule has 0 atom stereocenters. The molecule has 0 spiro atoms. The van der Waals surface area contributed by atoms with E-state index in [2.05, 4.69) is 23.7 Å². The Morgan fingerprint density at radius 2 is 2.17 bits per heavy atom. The summed E-state index contributed by atoms with van der Waals surface area (Å²) in [5.74, 6) is 0. The zero-order chi connectivity index (χ0) is 13.1. The molecule has 86 valence electrons. The van der Waals surface area contributed by atoms with Crippen molar-refractivity contribution in [3.8, 4) is 12.1 Å². The lowest BCUT2D eigenvalue weighted by Gasteiger charge is -1.95.